The summed E-state index contributed by atoms with van der Waals surface area (Å²) in [6.07, 6.45) is 7.29. The number of primary amides is 1. The Hall–Kier alpha value is -4.07. The van der Waals surface area contributed by atoms with Gasteiger partial charge in [0.1, 0.15) is 5.76 Å². The van der Waals surface area contributed by atoms with Gasteiger partial charge in [-0.05, 0) is 30.3 Å². The molecule has 35 heavy (non-hydrogen) atoms. The topological polar surface area (TPSA) is 125 Å². The Balaban J connectivity index is 0.00000214. The molecule has 0 saturated heterocycles. The number of nitrogens with two attached hydrogens (primary N) is 2. The first kappa shape index (κ1) is 30.9. The first-order valence-corrected chi connectivity index (χ1v) is 11.2. The van der Waals surface area contributed by atoms with Crippen LogP contribution >= 0.6 is 0 Å². The van der Waals surface area contributed by atoms with Crippen molar-refractivity contribution in [1.82, 2.24) is 4.90 Å². The number of carbonyl (C=O) groups is 3. The number of carbonyl (C=O) groups excluding carboxylic acids is 3. The molecule has 1 aliphatic rings. The van der Waals surface area contributed by atoms with Gasteiger partial charge in [-0.1, -0.05) is 70.3 Å². The summed E-state index contributed by atoms with van der Waals surface area (Å²) in [4.78, 5) is 37.0. The smallest absolute Gasteiger partial charge is 0.343 e. The first-order valence-electron chi connectivity index (χ1n) is 11.2. The van der Waals surface area contributed by atoms with Gasteiger partial charge in [-0.3, -0.25) is 9.59 Å². The molecule has 4 N–H and O–H groups in total. The van der Waals surface area contributed by atoms with Gasteiger partial charge in [-0.25, -0.2) is 4.79 Å². The quantitative estimate of drug-likeness (QED) is 0.224. The minimum Gasteiger partial charge on any atom is -0.483 e. The summed E-state index contributed by atoms with van der Waals surface area (Å²) in [5.41, 5.74) is 13.0. The van der Waals surface area contributed by atoms with Crippen LogP contribution in [-0.4, -0.2) is 36.3 Å². The molecule has 1 aromatic carbocycles. The number of rotatable bonds is 10. The third-order valence-electron chi connectivity index (χ3n) is 4.57. The van der Waals surface area contributed by atoms with E-state index in [9.17, 15) is 14.4 Å². The third kappa shape index (κ3) is 10.6. The molecule has 0 unspecified atom stereocenters. The molecule has 2 rings (SSSR count). The second-order valence-corrected chi connectivity index (χ2v) is 6.80. The maximum Gasteiger partial charge on any atom is 0.343 e. The fraction of sp³-hybridized carbons (Fsp3) is 0.296. The lowest BCUT2D eigenvalue weighted by atomic mass is 10.1. The van der Waals surface area contributed by atoms with Gasteiger partial charge in [-0.15, -0.1) is 0 Å². The molecule has 1 heterocycles. The Morgan fingerprint density at radius 1 is 1.17 bits per heavy atom. The molecule has 0 fully saturated rings. The summed E-state index contributed by atoms with van der Waals surface area (Å²) in [6.45, 7) is 13.1. The van der Waals surface area contributed by atoms with Crippen LogP contribution in [0.15, 0.2) is 90.6 Å². The zero-order chi connectivity index (χ0) is 26.8. The van der Waals surface area contributed by atoms with Crippen LogP contribution in [0.3, 0.4) is 0 Å². The van der Waals surface area contributed by atoms with Gasteiger partial charge in [0.25, 0.3) is 5.91 Å². The zero-order valence-corrected chi connectivity index (χ0v) is 21.1. The van der Waals surface area contributed by atoms with Gasteiger partial charge in [0.05, 0.1) is 7.11 Å². The van der Waals surface area contributed by atoms with Crippen molar-refractivity contribution in [3.05, 3.63) is 96.2 Å². The highest BCUT2D eigenvalue weighted by Crippen LogP contribution is 2.35. The van der Waals surface area contributed by atoms with E-state index in [1.807, 2.05) is 62.1 Å². The normalized spacial score (nSPS) is 13.4. The van der Waals surface area contributed by atoms with Crippen LogP contribution in [0.25, 0.3) is 0 Å². The van der Waals surface area contributed by atoms with Gasteiger partial charge in [-0.2, -0.15) is 0 Å². The monoisotopic (exact) mass is 483 g/mol. The molecule has 0 aliphatic carbocycles. The number of allylic oxidation sites excluding steroid dienone is 5. The second kappa shape index (κ2) is 17.4. The summed E-state index contributed by atoms with van der Waals surface area (Å²) in [5, 5.41) is 0. The molecule has 8 nitrogen and oxygen atoms in total. The molecule has 1 amide bonds. The summed E-state index contributed by atoms with van der Waals surface area (Å²) >= 11 is 0. The molecule has 190 valence electrons. The predicted molar refractivity (Wildman–Crippen MR) is 138 cm³/mol. The molecule has 1 aromatic rings. The molecular formula is C27H37N3O5. The number of benzene rings is 1. The van der Waals surface area contributed by atoms with Crippen molar-refractivity contribution in [2.24, 2.45) is 11.5 Å². The zero-order valence-electron chi connectivity index (χ0n) is 21.1. The van der Waals surface area contributed by atoms with Gasteiger partial charge in [0, 0.05) is 29.9 Å². The van der Waals surface area contributed by atoms with Crippen LogP contribution < -0.4 is 11.5 Å². The molecule has 0 radical (unpaired) electrons. The van der Waals surface area contributed by atoms with Gasteiger partial charge >= 0.3 is 5.97 Å². The van der Waals surface area contributed by atoms with E-state index in [0.717, 1.165) is 17.0 Å². The number of ether oxygens (including phenoxy) is 2. The predicted octanol–water partition coefficient (Wildman–Crippen LogP) is 3.87. The number of esters is 1. The Labute approximate surface area is 208 Å². The van der Waals surface area contributed by atoms with E-state index < -0.39 is 17.7 Å². The van der Waals surface area contributed by atoms with Crippen LogP contribution in [0, 0.1) is 0 Å². The van der Waals surface area contributed by atoms with Crippen molar-refractivity contribution < 1.29 is 23.9 Å². The van der Waals surface area contributed by atoms with E-state index in [4.69, 9.17) is 10.5 Å². The number of Topliss-reactive ketones (excluding diaryl/α,β-unsaturated/α-hetero) is 1. The molecule has 0 saturated carbocycles. The SMILES string of the molecule is C=C(/C=C\C=C1/CC(C(=O)C(N)=O)=C(CC)N1Cc1ccccc1)OCC(=O)OC.C=CN.CC. The molecule has 0 spiro atoms. The van der Waals surface area contributed by atoms with E-state index >= 15 is 0 Å². The Morgan fingerprint density at radius 3 is 2.29 bits per heavy atom. The van der Waals surface area contributed by atoms with Crippen molar-refractivity contribution >= 4 is 17.7 Å². The number of nitrogens with zero attached hydrogens (tertiary/aromatic N) is 1. The maximum atomic E-state index is 12.3. The summed E-state index contributed by atoms with van der Waals surface area (Å²) < 4.78 is 9.70. The van der Waals surface area contributed by atoms with Crippen LogP contribution in [0.1, 0.15) is 39.2 Å². The molecule has 0 bridgehead atoms. The highest BCUT2D eigenvalue weighted by molar-refractivity contribution is 6.42. The molecule has 0 aromatic heterocycles. The second-order valence-electron chi connectivity index (χ2n) is 6.80. The van der Waals surface area contributed by atoms with Crippen LogP contribution in [-0.2, 0) is 30.4 Å². The Bertz CT molecular complexity index is 962. The fourth-order valence-electron chi connectivity index (χ4n) is 3.12. The molecule has 0 atom stereocenters. The number of hydrogen-bond acceptors (Lipinski definition) is 7. The molecule has 8 heteroatoms. The van der Waals surface area contributed by atoms with Crippen molar-refractivity contribution in [3.63, 3.8) is 0 Å². The van der Waals surface area contributed by atoms with Crippen LogP contribution in [0.5, 0.6) is 0 Å². The molecular weight excluding hydrogens is 446 g/mol. The van der Waals surface area contributed by atoms with Crippen molar-refractivity contribution in [2.75, 3.05) is 13.7 Å². The average molecular weight is 484 g/mol. The fourth-order valence-corrected chi connectivity index (χ4v) is 3.12. The van der Waals surface area contributed by atoms with Gasteiger partial charge < -0.3 is 25.8 Å². The van der Waals surface area contributed by atoms with E-state index in [2.05, 4.69) is 23.6 Å². The average Bonchev–Trinajstić information content (AvgIpc) is 3.21. The lowest BCUT2D eigenvalue weighted by Gasteiger charge is -2.24. The first-order chi connectivity index (χ1) is 16.8. The summed E-state index contributed by atoms with van der Waals surface area (Å²) in [6, 6.07) is 9.82. The summed E-state index contributed by atoms with van der Waals surface area (Å²) in [5.74, 6) is -1.83. The minimum absolute atomic E-state index is 0.227. The summed E-state index contributed by atoms with van der Waals surface area (Å²) in [7, 11) is 1.28. The van der Waals surface area contributed by atoms with E-state index in [-0.39, 0.29) is 6.61 Å². The maximum absolute atomic E-state index is 12.3. The van der Waals surface area contributed by atoms with E-state index in [1.54, 1.807) is 12.2 Å². The Morgan fingerprint density at radius 2 is 1.77 bits per heavy atom. The molecule has 1 aliphatic heterocycles. The highest BCUT2D eigenvalue weighted by Gasteiger charge is 2.31. The van der Waals surface area contributed by atoms with E-state index in [1.165, 1.54) is 13.3 Å². The number of hydrogen-bond donors (Lipinski definition) is 2. The van der Waals surface area contributed by atoms with Crippen molar-refractivity contribution in [2.45, 2.75) is 40.2 Å². The van der Waals surface area contributed by atoms with Gasteiger partial charge in [0.2, 0.25) is 5.78 Å². The van der Waals surface area contributed by atoms with E-state index in [0.29, 0.717) is 30.7 Å². The number of ketones is 1. The van der Waals surface area contributed by atoms with Crippen molar-refractivity contribution in [3.8, 4) is 0 Å². The van der Waals surface area contributed by atoms with Crippen molar-refractivity contribution in [1.29, 1.82) is 0 Å². The minimum atomic E-state index is -0.961. The third-order valence-corrected chi connectivity index (χ3v) is 4.57. The van der Waals surface area contributed by atoms with Crippen LogP contribution in [0.2, 0.25) is 0 Å². The van der Waals surface area contributed by atoms with Gasteiger partial charge in [0.15, 0.2) is 6.61 Å². The standard InChI is InChI=1S/C23H26N2O5.C2H5N.C2H6/c1-4-20-19(22(27)23(24)28)13-18(25(20)14-17-10-6-5-7-11-17)12-8-9-16(2)30-15-21(26)29-3;1-2-3;1-2/h5-12H,2,4,13-15H2,1,3H3,(H2,24,28);2H,1,3H2;1-2H3/b9-8-,18-12+;;. The Kier molecular flexibility index (Phi) is 15.4. The van der Waals surface area contributed by atoms with Crippen LogP contribution in [0.4, 0.5) is 0 Å². The largest absolute Gasteiger partial charge is 0.483 e. The number of methoxy groups -OCH3 is 1. The lowest BCUT2D eigenvalue weighted by Crippen LogP contribution is -2.25. The number of amides is 1. The lowest BCUT2D eigenvalue weighted by molar-refractivity contribution is -0.144. The highest BCUT2D eigenvalue weighted by atomic mass is 16.6.